The van der Waals surface area contributed by atoms with Gasteiger partial charge in [-0.05, 0) is 13.0 Å². The van der Waals surface area contributed by atoms with E-state index in [1.54, 1.807) is 31.2 Å². The summed E-state index contributed by atoms with van der Waals surface area (Å²) in [5.74, 6) is -0.291. The molecule has 1 aliphatic carbocycles. The summed E-state index contributed by atoms with van der Waals surface area (Å²) in [5, 5.41) is 19.5. The second-order valence-corrected chi connectivity index (χ2v) is 4.42. The molecule has 2 N–H and O–H groups in total. The topological polar surface area (TPSA) is 57.5 Å². The SMILES string of the molecule is CC1(O)C=CC(C(=O)c2ccccc2)=C(O)C1. The van der Waals surface area contributed by atoms with Gasteiger partial charge in [0, 0.05) is 12.0 Å². The first-order valence-electron chi connectivity index (χ1n) is 5.43. The van der Waals surface area contributed by atoms with Crippen LogP contribution in [0.3, 0.4) is 0 Å². The highest BCUT2D eigenvalue weighted by atomic mass is 16.3. The Labute approximate surface area is 99.7 Å². The third kappa shape index (κ3) is 2.45. The van der Waals surface area contributed by atoms with Gasteiger partial charge < -0.3 is 10.2 Å². The van der Waals surface area contributed by atoms with E-state index in [9.17, 15) is 15.0 Å². The fraction of sp³-hybridized carbons (Fsp3) is 0.214. The summed E-state index contributed by atoms with van der Waals surface area (Å²) in [6.45, 7) is 1.59. The fourth-order valence-corrected chi connectivity index (χ4v) is 1.80. The second kappa shape index (κ2) is 4.18. The lowest BCUT2D eigenvalue weighted by atomic mass is 9.89. The molecule has 0 fully saturated rings. The minimum Gasteiger partial charge on any atom is -0.511 e. The summed E-state index contributed by atoms with van der Waals surface area (Å²) in [4.78, 5) is 12.1. The molecule has 1 aliphatic rings. The third-order valence-corrected chi connectivity index (χ3v) is 2.73. The maximum Gasteiger partial charge on any atom is 0.196 e. The maximum absolute atomic E-state index is 12.1. The number of ketones is 1. The molecule has 17 heavy (non-hydrogen) atoms. The van der Waals surface area contributed by atoms with Crippen LogP contribution < -0.4 is 0 Å². The summed E-state index contributed by atoms with van der Waals surface area (Å²) in [6.07, 6.45) is 3.08. The number of aliphatic hydroxyl groups is 2. The highest BCUT2D eigenvalue weighted by molar-refractivity contribution is 6.11. The van der Waals surface area contributed by atoms with Crippen LogP contribution in [-0.4, -0.2) is 21.6 Å². The molecule has 0 heterocycles. The number of hydrogen-bond acceptors (Lipinski definition) is 3. The Hall–Kier alpha value is -1.87. The van der Waals surface area contributed by atoms with E-state index >= 15 is 0 Å². The van der Waals surface area contributed by atoms with Crippen molar-refractivity contribution in [3.8, 4) is 0 Å². The third-order valence-electron chi connectivity index (χ3n) is 2.73. The molecule has 2 rings (SSSR count). The van der Waals surface area contributed by atoms with Gasteiger partial charge in [-0.2, -0.15) is 0 Å². The predicted molar refractivity (Wildman–Crippen MR) is 64.8 cm³/mol. The van der Waals surface area contributed by atoms with Crippen molar-refractivity contribution in [1.82, 2.24) is 0 Å². The molecule has 0 amide bonds. The molecule has 0 spiro atoms. The number of hydrogen-bond donors (Lipinski definition) is 2. The molecule has 1 aromatic rings. The lowest BCUT2D eigenvalue weighted by Crippen LogP contribution is -2.26. The molecule has 0 aliphatic heterocycles. The van der Waals surface area contributed by atoms with Crippen LogP contribution in [0.2, 0.25) is 0 Å². The van der Waals surface area contributed by atoms with Crippen LogP contribution in [0.5, 0.6) is 0 Å². The number of rotatable bonds is 2. The summed E-state index contributed by atoms with van der Waals surface area (Å²) in [7, 11) is 0. The van der Waals surface area contributed by atoms with Crippen molar-refractivity contribution in [2.45, 2.75) is 18.9 Å². The zero-order valence-corrected chi connectivity index (χ0v) is 9.55. The lowest BCUT2D eigenvalue weighted by molar-refractivity contribution is 0.0922. The molecule has 0 saturated heterocycles. The van der Waals surface area contributed by atoms with Gasteiger partial charge in [0.05, 0.1) is 11.2 Å². The molecule has 88 valence electrons. The fourth-order valence-electron chi connectivity index (χ4n) is 1.80. The van der Waals surface area contributed by atoms with Crippen LogP contribution in [0.25, 0.3) is 0 Å². The number of carbonyl (C=O) groups is 1. The van der Waals surface area contributed by atoms with Crippen molar-refractivity contribution < 1.29 is 15.0 Å². The van der Waals surface area contributed by atoms with Crippen molar-refractivity contribution in [2.24, 2.45) is 0 Å². The van der Waals surface area contributed by atoms with Gasteiger partial charge in [0.1, 0.15) is 5.76 Å². The zero-order valence-electron chi connectivity index (χ0n) is 9.55. The van der Waals surface area contributed by atoms with E-state index in [1.165, 1.54) is 12.2 Å². The van der Waals surface area contributed by atoms with Crippen molar-refractivity contribution in [1.29, 1.82) is 0 Å². The van der Waals surface area contributed by atoms with Gasteiger partial charge >= 0.3 is 0 Å². The quantitative estimate of drug-likeness (QED) is 0.767. The Kier molecular flexibility index (Phi) is 2.86. The van der Waals surface area contributed by atoms with E-state index in [0.717, 1.165) is 0 Å². The molecule has 0 aromatic heterocycles. The molecule has 3 nitrogen and oxygen atoms in total. The Balaban J connectivity index is 2.31. The van der Waals surface area contributed by atoms with Crippen LogP contribution >= 0.6 is 0 Å². The number of aliphatic hydroxyl groups excluding tert-OH is 1. The smallest absolute Gasteiger partial charge is 0.196 e. The number of allylic oxidation sites excluding steroid dienone is 2. The number of carbonyl (C=O) groups excluding carboxylic acids is 1. The lowest BCUT2D eigenvalue weighted by Gasteiger charge is -2.23. The van der Waals surface area contributed by atoms with Gasteiger partial charge in [-0.15, -0.1) is 0 Å². The molecule has 1 aromatic carbocycles. The van der Waals surface area contributed by atoms with Crippen LogP contribution in [0, 0.1) is 0 Å². The van der Waals surface area contributed by atoms with E-state index in [1.807, 2.05) is 6.07 Å². The Morgan fingerprint density at radius 2 is 1.94 bits per heavy atom. The van der Waals surface area contributed by atoms with Crippen molar-refractivity contribution in [3.05, 3.63) is 59.4 Å². The number of Topliss-reactive ketones (excluding diaryl/α,β-unsaturated/α-hetero) is 1. The molecule has 1 unspecified atom stereocenters. The Morgan fingerprint density at radius 1 is 1.29 bits per heavy atom. The highest BCUT2D eigenvalue weighted by Crippen LogP contribution is 2.26. The first-order chi connectivity index (χ1) is 7.99. The minimum atomic E-state index is -1.08. The van der Waals surface area contributed by atoms with Gasteiger partial charge in [0.25, 0.3) is 0 Å². The summed E-state index contributed by atoms with van der Waals surface area (Å²) < 4.78 is 0. The first-order valence-corrected chi connectivity index (χ1v) is 5.43. The monoisotopic (exact) mass is 230 g/mol. The summed E-state index contributed by atoms with van der Waals surface area (Å²) in [5.41, 5.74) is -0.298. The van der Waals surface area contributed by atoms with Crippen LogP contribution in [0.4, 0.5) is 0 Å². The Bertz CT molecular complexity index is 495. The summed E-state index contributed by atoms with van der Waals surface area (Å²) >= 11 is 0. The molecule has 0 radical (unpaired) electrons. The van der Waals surface area contributed by atoms with E-state index in [4.69, 9.17) is 0 Å². The van der Waals surface area contributed by atoms with E-state index in [-0.39, 0.29) is 23.5 Å². The van der Waals surface area contributed by atoms with Crippen LogP contribution in [0.15, 0.2) is 53.8 Å². The minimum absolute atomic E-state index is 0.0636. The van der Waals surface area contributed by atoms with Gasteiger partial charge in [-0.25, -0.2) is 0 Å². The maximum atomic E-state index is 12.1. The van der Waals surface area contributed by atoms with E-state index in [2.05, 4.69) is 0 Å². The first kappa shape index (κ1) is 11.6. The van der Waals surface area contributed by atoms with Crippen molar-refractivity contribution >= 4 is 5.78 Å². The molecule has 1 atom stereocenters. The molecule has 0 saturated carbocycles. The van der Waals surface area contributed by atoms with Crippen molar-refractivity contribution in [2.75, 3.05) is 0 Å². The Morgan fingerprint density at radius 3 is 2.53 bits per heavy atom. The average Bonchev–Trinajstić information content (AvgIpc) is 2.28. The largest absolute Gasteiger partial charge is 0.511 e. The van der Waals surface area contributed by atoms with Gasteiger partial charge in [0.2, 0.25) is 0 Å². The average molecular weight is 230 g/mol. The molecule has 0 bridgehead atoms. The standard InChI is InChI=1S/C14H14O3/c1-14(17)8-7-11(12(15)9-14)13(16)10-5-3-2-4-6-10/h2-8,15,17H,9H2,1H3. The van der Waals surface area contributed by atoms with E-state index in [0.29, 0.717) is 5.56 Å². The molecular formula is C14H14O3. The van der Waals surface area contributed by atoms with E-state index < -0.39 is 5.60 Å². The number of benzene rings is 1. The normalized spacial score (nSPS) is 23.9. The predicted octanol–water partition coefficient (Wildman–Crippen LogP) is 2.39. The van der Waals surface area contributed by atoms with Crippen molar-refractivity contribution in [3.63, 3.8) is 0 Å². The van der Waals surface area contributed by atoms with Crippen LogP contribution in [0.1, 0.15) is 23.7 Å². The van der Waals surface area contributed by atoms with Gasteiger partial charge in [-0.3, -0.25) is 4.79 Å². The highest BCUT2D eigenvalue weighted by Gasteiger charge is 2.27. The molecular weight excluding hydrogens is 216 g/mol. The van der Waals surface area contributed by atoms with Gasteiger partial charge in [-0.1, -0.05) is 36.4 Å². The zero-order chi connectivity index (χ0) is 12.5. The molecule has 3 heteroatoms. The van der Waals surface area contributed by atoms with Crippen LogP contribution in [-0.2, 0) is 0 Å². The second-order valence-electron chi connectivity index (χ2n) is 4.42. The summed E-state index contributed by atoms with van der Waals surface area (Å²) in [6, 6.07) is 8.76. The van der Waals surface area contributed by atoms with Gasteiger partial charge in [0.15, 0.2) is 5.78 Å².